The van der Waals surface area contributed by atoms with E-state index in [9.17, 15) is 0 Å². The molecule has 0 amide bonds. The third-order valence-electron chi connectivity index (χ3n) is 3.99. The maximum atomic E-state index is 8.67. The van der Waals surface area contributed by atoms with Crippen LogP contribution < -0.4 is 0 Å². The predicted molar refractivity (Wildman–Crippen MR) is 82.8 cm³/mol. The lowest BCUT2D eigenvalue weighted by Gasteiger charge is -2.22. The van der Waals surface area contributed by atoms with Crippen molar-refractivity contribution in [3.05, 3.63) is 0 Å². The van der Waals surface area contributed by atoms with Crippen molar-refractivity contribution < 1.29 is 14.6 Å². The summed E-state index contributed by atoms with van der Waals surface area (Å²) in [6.45, 7) is 2.10. The highest BCUT2D eigenvalue weighted by Gasteiger charge is 2.13. The van der Waals surface area contributed by atoms with Gasteiger partial charge in [-0.3, -0.25) is 0 Å². The van der Waals surface area contributed by atoms with Gasteiger partial charge >= 0.3 is 0 Å². The van der Waals surface area contributed by atoms with Crippen LogP contribution >= 0.6 is 0 Å². The molecule has 1 aliphatic rings. The van der Waals surface area contributed by atoms with E-state index in [0.29, 0.717) is 6.61 Å². The second-order valence-corrected chi connectivity index (χ2v) is 5.93. The molecule has 3 heteroatoms. The number of rotatable bonds is 13. The Balaban J connectivity index is 1.70. The SMILES string of the molecule is OCCCCCCCCCCCCOC1CCCCO1. The van der Waals surface area contributed by atoms with Gasteiger partial charge in [-0.25, -0.2) is 0 Å². The minimum Gasteiger partial charge on any atom is -0.396 e. The van der Waals surface area contributed by atoms with E-state index in [0.717, 1.165) is 26.1 Å². The van der Waals surface area contributed by atoms with Crippen LogP contribution in [0, 0.1) is 0 Å². The fourth-order valence-electron chi connectivity index (χ4n) is 2.69. The Kier molecular flexibility index (Phi) is 12.4. The van der Waals surface area contributed by atoms with Gasteiger partial charge in [-0.1, -0.05) is 51.4 Å². The van der Waals surface area contributed by atoms with Crippen molar-refractivity contribution >= 4 is 0 Å². The molecular formula is C17H34O3. The van der Waals surface area contributed by atoms with Crippen molar-refractivity contribution in [2.24, 2.45) is 0 Å². The summed E-state index contributed by atoms with van der Waals surface area (Å²) in [6, 6.07) is 0. The highest BCUT2D eigenvalue weighted by atomic mass is 16.7. The maximum absolute atomic E-state index is 8.67. The van der Waals surface area contributed by atoms with Crippen LogP contribution in [0.5, 0.6) is 0 Å². The Morgan fingerprint density at radius 1 is 0.800 bits per heavy atom. The molecule has 0 saturated carbocycles. The lowest BCUT2D eigenvalue weighted by molar-refractivity contribution is -0.162. The van der Waals surface area contributed by atoms with Crippen molar-refractivity contribution in [1.29, 1.82) is 0 Å². The lowest BCUT2D eigenvalue weighted by atomic mass is 10.1. The first kappa shape index (κ1) is 17.9. The van der Waals surface area contributed by atoms with E-state index in [2.05, 4.69) is 0 Å². The molecule has 0 aromatic carbocycles. The summed E-state index contributed by atoms with van der Waals surface area (Å²) in [5.41, 5.74) is 0. The van der Waals surface area contributed by atoms with Crippen LogP contribution in [-0.4, -0.2) is 31.2 Å². The van der Waals surface area contributed by atoms with Crippen LogP contribution in [0.1, 0.15) is 83.5 Å². The molecule has 0 bridgehead atoms. The molecule has 1 saturated heterocycles. The normalized spacial score (nSPS) is 19.4. The van der Waals surface area contributed by atoms with Gasteiger partial charge in [0.2, 0.25) is 0 Å². The van der Waals surface area contributed by atoms with E-state index in [4.69, 9.17) is 14.6 Å². The Morgan fingerprint density at radius 2 is 1.40 bits per heavy atom. The number of aliphatic hydroxyl groups is 1. The zero-order valence-corrected chi connectivity index (χ0v) is 13.2. The minimum absolute atomic E-state index is 0.0858. The molecule has 0 aromatic rings. The van der Waals surface area contributed by atoms with Crippen molar-refractivity contribution in [2.75, 3.05) is 19.8 Å². The molecular weight excluding hydrogens is 252 g/mol. The molecule has 1 rings (SSSR count). The standard InChI is InChI=1S/C17H34O3/c18-14-10-7-5-3-1-2-4-6-8-11-15-19-17-13-9-12-16-20-17/h17-18H,1-16H2. The van der Waals surface area contributed by atoms with Gasteiger partial charge in [0.25, 0.3) is 0 Å². The largest absolute Gasteiger partial charge is 0.396 e. The number of ether oxygens (including phenoxy) is 2. The molecule has 1 unspecified atom stereocenters. The molecule has 120 valence electrons. The van der Waals surface area contributed by atoms with Crippen LogP contribution in [0.2, 0.25) is 0 Å². The Labute approximate surface area is 125 Å². The van der Waals surface area contributed by atoms with Crippen molar-refractivity contribution in [2.45, 2.75) is 89.8 Å². The van der Waals surface area contributed by atoms with Gasteiger partial charge < -0.3 is 14.6 Å². The first-order valence-electron chi connectivity index (χ1n) is 8.77. The fourth-order valence-corrected chi connectivity index (χ4v) is 2.69. The number of hydrogen-bond donors (Lipinski definition) is 1. The topological polar surface area (TPSA) is 38.7 Å². The fraction of sp³-hybridized carbons (Fsp3) is 1.00. The molecule has 1 aliphatic heterocycles. The third kappa shape index (κ3) is 10.6. The quantitative estimate of drug-likeness (QED) is 0.509. The summed E-state index contributed by atoms with van der Waals surface area (Å²) in [4.78, 5) is 0. The molecule has 1 heterocycles. The lowest BCUT2D eigenvalue weighted by Crippen LogP contribution is -2.22. The molecule has 1 N–H and O–H groups in total. The van der Waals surface area contributed by atoms with Crippen molar-refractivity contribution in [1.82, 2.24) is 0 Å². The summed E-state index contributed by atoms with van der Waals surface area (Å²) < 4.78 is 11.3. The smallest absolute Gasteiger partial charge is 0.157 e. The zero-order chi connectivity index (χ0) is 14.3. The summed E-state index contributed by atoms with van der Waals surface area (Å²) in [5, 5.41) is 8.67. The van der Waals surface area contributed by atoms with Crippen LogP contribution in [0.15, 0.2) is 0 Å². The van der Waals surface area contributed by atoms with E-state index in [1.54, 1.807) is 0 Å². The Hall–Kier alpha value is -0.120. The first-order valence-corrected chi connectivity index (χ1v) is 8.77. The number of unbranched alkanes of at least 4 members (excludes halogenated alkanes) is 9. The summed E-state index contributed by atoms with van der Waals surface area (Å²) in [5.74, 6) is 0. The zero-order valence-electron chi connectivity index (χ0n) is 13.2. The van der Waals surface area contributed by atoms with E-state index in [1.807, 2.05) is 0 Å². The van der Waals surface area contributed by atoms with E-state index in [1.165, 1.54) is 70.6 Å². The minimum atomic E-state index is 0.0858. The molecule has 0 radical (unpaired) electrons. The highest BCUT2D eigenvalue weighted by Crippen LogP contribution is 2.15. The van der Waals surface area contributed by atoms with Gasteiger partial charge in [-0.15, -0.1) is 0 Å². The highest BCUT2D eigenvalue weighted by molar-refractivity contribution is 4.54. The van der Waals surface area contributed by atoms with Crippen LogP contribution in [0.4, 0.5) is 0 Å². The summed E-state index contributed by atoms with van der Waals surface area (Å²) in [6.07, 6.45) is 16.3. The van der Waals surface area contributed by atoms with Gasteiger partial charge in [0.05, 0.1) is 0 Å². The van der Waals surface area contributed by atoms with Gasteiger partial charge in [-0.05, 0) is 32.1 Å². The van der Waals surface area contributed by atoms with Crippen molar-refractivity contribution in [3.8, 4) is 0 Å². The monoisotopic (exact) mass is 286 g/mol. The molecule has 3 nitrogen and oxygen atoms in total. The van der Waals surface area contributed by atoms with Crippen molar-refractivity contribution in [3.63, 3.8) is 0 Å². The predicted octanol–water partition coefficient (Wildman–Crippen LogP) is 4.42. The average Bonchev–Trinajstić information content (AvgIpc) is 2.49. The molecule has 0 aromatic heterocycles. The second kappa shape index (κ2) is 13.8. The average molecular weight is 286 g/mol. The Bertz CT molecular complexity index is 191. The summed E-state index contributed by atoms with van der Waals surface area (Å²) in [7, 11) is 0. The van der Waals surface area contributed by atoms with Gasteiger partial charge in [0.1, 0.15) is 0 Å². The van der Waals surface area contributed by atoms with Gasteiger partial charge in [-0.2, -0.15) is 0 Å². The third-order valence-corrected chi connectivity index (χ3v) is 3.99. The molecule has 1 atom stereocenters. The van der Waals surface area contributed by atoms with Gasteiger partial charge in [0.15, 0.2) is 6.29 Å². The summed E-state index contributed by atoms with van der Waals surface area (Å²) >= 11 is 0. The number of aliphatic hydroxyl groups excluding tert-OH is 1. The van der Waals surface area contributed by atoms with Crippen LogP contribution in [-0.2, 0) is 9.47 Å². The first-order chi connectivity index (χ1) is 9.93. The maximum Gasteiger partial charge on any atom is 0.157 e. The van der Waals surface area contributed by atoms with E-state index >= 15 is 0 Å². The van der Waals surface area contributed by atoms with Crippen LogP contribution in [0.25, 0.3) is 0 Å². The van der Waals surface area contributed by atoms with Crippen LogP contribution in [0.3, 0.4) is 0 Å². The Morgan fingerprint density at radius 3 is 1.95 bits per heavy atom. The molecule has 20 heavy (non-hydrogen) atoms. The van der Waals surface area contributed by atoms with Gasteiger partial charge in [0, 0.05) is 19.8 Å². The van der Waals surface area contributed by atoms with E-state index in [-0.39, 0.29) is 6.29 Å². The molecule has 1 fully saturated rings. The second-order valence-electron chi connectivity index (χ2n) is 5.93. The van der Waals surface area contributed by atoms with E-state index < -0.39 is 0 Å². The molecule has 0 spiro atoms. The number of hydrogen-bond acceptors (Lipinski definition) is 3. The molecule has 0 aliphatic carbocycles.